The third-order valence-corrected chi connectivity index (χ3v) is 2.08. The van der Waals surface area contributed by atoms with Gasteiger partial charge >= 0.3 is 0 Å². The quantitative estimate of drug-likeness (QED) is 0.700. The normalized spacial score (nSPS) is 10.3. The largest absolute Gasteiger partial charge is 0.494 e. The molecule has 15 heavy (non-hydrogen) atoms. The fourth-order valence-electron chi connectivity index (χ4n) is 1.25. The van der Waals surface area contributed by atoms with Crippen LogP contribution in [0.25, 0.3) is 0 Å². The highest BCUT2D eigenvalue weighted by Crippen LogP contribution is 2.11. The molecule has 0 amide bonds. The fraction of sp³-hybridized carbons (Fsp3) is 0.500. The molecule has 0 unspecified atom stereocenters. The van der Waals surface area contributed by atoms with Crippen molar-refractivity contribution < 1.29 is 9.13 Å². The maximum absolute atomic E-state index is 12.6. The van der Waals surface area contributed by atoms with Crippen LogP contribution in [-0.4, -0.2) is 19.7 Å². The van der Waals surface area contributed by atoms with Crippen molar-refractivity contribution in [2.24, 2.45) is 0 Å². The minimum absolute atomic E-state index is 0.227. The van der Waals surface area contributed by atoms with Gasteiger partial charge in [0.15, 0.2) is 0 Å². The molecule has 0 atom stereocenters. The van der Waals surface area contributed by atoms with Crippen LogP contribution in [0.1, 0.15) is 19.8 Å². The summed E-state index contributed by atoms with van der Waals surface area (Å²) in [5.41, 5.74) is 0. The van der Waals surface area contributed by atoms with Gasteiger partial charge in [0.2, 0.25) is 0 Å². The van der Waals surface area contributed by atoms with E-state index in [1.807, 2.05) is 0 Å². The summed E-state index contributed by atoms with van der Waals surface area (Å²) < 4.78 is 18.0. The molecule has 0 fully saturated rings. The molecule has 0 radical (unpaired) electrons. The second-order valence-electron chi connectivity index (χ2n) is 3.36. The molecule has 0 aliphatic rings. The van der Waals surface area contributed by atoms with Gasteiger partial charge in [-0.05, 0) is 50.2 Å². The predicted octanol–water partition coefficient (Wildman–Crippen LogP) is 2.59. The molecular formula is C12H18FNO. The summed E-state index contributed by atoms with van der Waals surface area (Å²) in [4.78, 5) is 0. The van der Waals surface area contributed by atoms with Gasteiger partial charge in [-0.2, -0.15) is 0 Å². The summed E-state index contributed by atoms with van der Waals surface area (Å²) in [5, 5.41) is 3.25. The van der Waals surface area contributed by atoms with Crippen LogP contribution in [0.5, 0.6) is 5.75 Å². The topological polar surface area (TPSA) is 21.3 Å². The van der Waals surface area contributed by atoms with Crippen molar-refractivity contribution in [1.29, 1.82) is 0 Å². The van der Waals surface area contributed by atoms with Crippen LogP contribution in [0.3, 0.4) is 0 Å². The van der Waals surface area contributed by atoms with Crippen LogP contribution in [0.15, 0.2) is 24.3 Å². The Hall–Kier alpha value is -1.09. The summed E-state index contributed by atoms with van der Waals surface area (Å²) in [7, 11) is 0. The number of hydrogen-bond acceptors (Lipinski definition) is 2. The maximum Gasteiger partial charge on any atom is 0.123 e. The van der Waals surface area contributed by atoms with E-state index in [2.05, 4.69) is 12.2 Å². The van der Waals surface area contributed by atoms with E-state index < -0.39 is 0 Å². The van der Waals surface area contributed by atoms with E-state index in [1.54, 1.807) is 12.1 Å². The van der Waals surface area contributed by atoms with Gasteiger partial charge in [0.05, 0.1) is 6.61 Å². The van der Waals surface area contributed by atoms with Crippen LogP contribution < -0.4 is 10.1 Å². The zero-order valence-corrected chi connectivity index (χ0v) is 9.13. The van der Waals surface area contributed by atoms with E-state index in [4.69, 9.17) is 4.74 Å². The van der Waals surface area contributed by atoms with Gasteiger partial charge in [-0.25, -0.2) is 4.39 Å². The van der Waals surface area contributed by atoms with Crippen molar-refractivity contribution >= 4 is 0 Å². The Bertz CT molecular complexity index is 261. The highest BCUT2D eigenvalue weighted by atomic mass is 19.1. The van der Waals surface area contributed by atoms with Crippen LogP contribution in [0, 0.1) is 5.82 Å². The lowest BCUT2D eigenvalue weighted by Crippen LogP contribution is -2.14. The Labute approximate surface area is 90.4 Å². The van der Waals surface area contributed by atoms with Crippen LogP contribution in [0.4, 0.5) is 4.39 Å². The molecule has 84 valence electrons. The van der Waals surface area contributed by atoms with Crippen molar-refractivity contribution in [3.63, 3.8) is 0 Å². The zero-order chi connectivity index (χ0) is 10.9. The van der Waals surface area contributed by atoms with E-state index in [1.165, 1.54) is 12.1 Å². The van der Waals surface area contributed by atoms with E-state index >= 15 is 0 Å². The summed E-state index contributed by atoms with van der Waals surface area (Å²) in [6.45, 7) is 4.83. The average Bonchev–Trinajstić information content (AvgIpc) is 2.26. The van der Waals surface area contributed by atoms with Gasteiger partial charge in [-0.15, -0.1) is 0 Å². The molecule has 0 aliphatic carbocycles. The van der Waals surface area contributed by atoms with Gasteiger partial charge in [0.25, 0.3) is 0 Å². The standard InChI is InChI=1S/C12H18FNO/c1-2-14-9-3-4-10-15-12-7-5-11(13)6-8-12/h5-8,14H,2-4,9-10H2,1H3. The molecule has 1 aromatic carbocycles. The molecule has 0 heterocycles. The monoisotopic (exact) mass is 211 g/mol. The number of hydrogen-bond donors (Lipinski definition) is 1. The average molecular weight is 211 g/mol. The van der Waals surface area contributed by atoms with Crippen molar-refractivity contribution in [3.8, 4) is 5.75 Å². The second-order valence-corrected chi connectivity index (χ2v) is 3.36. The van der Waals surface area contributed by atoms with Crippen LogP contribution in [-0.2, 0) is 0 Å². The molecule has 0 aliphatic heterocycles. The first-order chi connectivity index (χ1) is 7.33. The number of nitrogens with one attached hydrogen (secondary N) is 1. The van der Waals surface area contributed by atoms with Gasteiger partial charge in [-0.3, -0.25) is 0 Å². The second kappa shape index (κ2) is 7.23. The SMILES string of the molecule is CCNCCCCOc1ccc(F)cc1. The Morgan fingerprint density at radius 2 is 1.93 bits per heavy atom. The molecule has 2 nitrogen and oxygen atoms in total. The molecular weight excluding hydrogens is 193 g/mol. The van der Waals surface area contributed by atoms with Crippen LogP contribution >= 0.6 is 0 Å². The number of ether oxygens (including phenoxy) is 1. The molecule has 1 aromatic rings. The van der Waals surface area contributed by atoms with Crippen molar-refractivity contribution in [2.75, 3.05) is 19.7 Å². The highest BCUT2D eigenvalue weighted by molar-refractivity contribution is 5.21. The Kier molecular flexibility index (Phi) is 5.78. The maximum atomic E-state index is 12.6. The fourth-order valence-corrected chi connectivity index (χ4v) is 1.25. The molecule has 3 heteroatoms. The number of benzene rings is 1. The number of unbranched alkanes of at least 4 members (excludes halogenated alkanes) is 1. The Balaban J connectivity index is 2.07. The first-order valence-corrected chi connectivity index (χ1v) is 5.42. The first-order valence-electron chi connectivity index (χ1n) is 5.42. The minimum Gasteiger partial charge on any atom is -0.494 e. The van der Waals surface area contributed by atoms with E-state index in [9.17, 15) is 4.39 Å². The Morgan fingerprint density at radius 3 is 2.60 bits per heavy atom. The van der Waals surface area contributed by atoms with Gasteiger partial charge in [-0.1, -0.05) is 6.92 Å². The zero-order valence-electron chi connectivity index (χ0n) is 9.13. The highest BCUT2D eigenvalue weighted by Gasteiger charge is 1.94. The van der Waals surface area contributed by atoms with Gasteiger partial charge in [0, 0.05) is 0 Å². The third kappa shape index (κ3) is 5.37. The number of rotatable bonds is 7. The summed E-state index contributed by atoms with van der Waals surface area (Å²) in [5.74, 6) is 0.509. The lowest BCUT2D eigenvalue weighted by molar-refractivity contribution is 0.305. The Morgan fingerprint density at radius 1 is 1.20 bits per heavy atom. The summed E-state index contributed by atoms with van der Waals surface area (Å²) in [6.07, 6.45) is 2.12. The third-order valence-electron chi connectivity index (χ3n) is 2.08. The van der Waals surface area contributed by atoms with E-state index in [-0.39, 0.29) is 5.82 Å². The smallest absolute Gasteiger partial charge is 0.123 e. The number of halogens is 1. The molecule has 0 bridgehead atoms. The lowest BCUT2D eigenvalue weighted by Gasteiger charge is -2.05. The van der Waals surface area contributed by atoms with E-state index in [0.717, 1.165) is 31.7 Å². The predicted molar refractivity (Wildman–Crippen MR) is 59.7 cm³/mol. The molecule has 1 rings (SSSR count). The van der Waals surface area contributed by atoms with Gasteiger partial charge < -0.3 is 10.1 Å². The first kappa shape index (κ1) is 12.0. The summed E-state index contributed by atoms with van der Waals surface area (Å²) in [6, 6.07) is 6.13. The molecule has 0 saturated heterocycles. The van der Waals surface area contributed by atoms with Crippen molar-refractivity contribution in [3.05, 3.63) is 30.1 Å². The molecule has 0 aromatic heterocycles. The van der Waals surface area contributed by atoms with Crippen LogP contribution in [0.2, 0.25) is 0 Å². The molecule has 0 spiro atoms. The van der Waals surface area contributed by atoms with E-state index in [0.29, 0.717) is 6.61 Å². The molecule has 1 N–H and O–H groups in total. The lowest BCUT2D eigenvalue weighted by atomic mass is 10.3. The minimum atomic E-state index is -0.227. The summed E-state index contributed by atoms with van der Waals surface area (Å²) >= 11 is 0. The van der Waals surface area contributed by atoms with Crippen molar-refractivity contribution in [2.45, 2.75) is 19.8 Å². The molecule has 0 saturated carbocycles. The van der Waals surface area contributed by atoms with Gasteiger partial charge in [0.1, 0.15) is 11.6 Å². The van der Waals surface area contributed by atoms with Crippen molar-refractivity contribution in [1.82, 2.24) is 5.32 Å².